The van der Waals surface area contributed by atoms with Gasteiger partial charge in [-0.05, 0) is 37.0 Å². The summed E-state index contributed by atoms with van der Waals surface area (Å²) >= 11 is 0. The van der Waals surface area contributed by atoms with E-state index in [1.54, 1.807) is 26.1 Å². The van der Waals surface area contributed by atoms with E-state index in [1.807, 2.05) is 24.3 Å². The van der Waals surface area contributed by atoms with Gasteiger partial charge in [-0.2, -0.15) is 0 Å². The molecule has 0 aliphatic heterocycles. The zero-order chi connectivity index (χ0) is 20.2. The average Bonchev–Trinajstić information content (AvgIpc) is 2.63. The van der Waals surface area contributed by atoms with Crippen LogP contribution in [0.3, 0.4) is 0 Å². The van der Waals surface area contributed by atoms with Crippen LogP contribution in [0, 0.1) is 5.92 Å². The first-order valence-electron chi connectivity index (χ1n) is 9.69. The smallest absolute Gasteiger partial charge is 0.241 e. The molecule has 27 heavy (non-hydrogen) atoms. The Hall–Kier alpha value is -2.24. The van der Waals surface area contributed by atoms with Gasteiger partial charge in [0, 0.05) is 20.1 Å². The summed E-state index contributed by atoms with van der Waals surface area (Å²) in [4.78, 5) is 18.1. The highest BCUT2D eigenvalue weighted by Gasteiger charge is 2.09. The lowest BCUT2D eigenvalue weighted by Crippen LogP contribution is -2.46. The fourth-order valence-electron chi connectivity index (χ4n) is 2.51. The molecule has 0 heterocycles. The summed E-state index contributed by atoms with van der Waals surface area (Å²) in [6.45, 7) is 7.40. The maximum absolute atomic E-state index is 11.9. The Balaban J connectivity index is 2.68. The monoisotopic (exact) mass is 376 g/mol. The third-order valence-corrected chi connectivity index (χ3v) is 4.29. The van der Waals surface area contributed by atoms with Crippen LogP contribution < -0.4 is 15.4 Å². The van der Waals surface area contributed by atoms with Crippen LogP contribution >= 0.6 is 0 Å². The topological polar surface area (TPSA) is 66.0 Å². The van der Waals surface area contributed by atoms with Gasteiger partial charge in [0.25, 0.3) is 0 Å². The number of carbonyl (C=O) groups is 1. The molecule has 0 fully saturated rings. The second kappa shape index (κ2) is 12.2. The molecule has 2 N–H and O–H groups in total. The average molecular weight is 377 g/mol. The van der Waals surface area contributed by atoms with Crippen molar-refractivity contribution in [1.82, 2.24) is 15.5 Å². The van der Waals surface area contributed by atoms with Gasteiger partial charge in [0.05, 0.1) is 20.2 Å². The number of nitrogens with one attached hydrogen (secondary N) is 2. The molecular formula is C21H36N4O2. The van der Waals surface area contributed by atoms with Crippen LogP contribution in [0.5, 0.6) is 5.75 Å². The molecule has 0 aliphatic rings. The van der Waals surface area contributed by atoms with Gasteiger partial charge < -0.3 is 20.3 Å². The number of likely N-dealkylation sites (N-methyl/N-ethyl adjacent to an activating group) is 1. The van der Waals surface area contributed by atoms with Crippen molar-refractivity contribution in [2.45, 2.75) is 52.6 Å². The number of ether oxygens (including phenoxy) is 1. The van der Waals surface area contributed by atoms with Gasteiger partial charge in [0.1, 0.15) is 5.75 Å². The van der Waals surface area contributed by atoms with Crippen molar-refractivity contribution in [2.24, 2.45) is 10.9 Å². The lowest BCUT2D eigenvalue weighted by atomic mass is 10.0. The standard InChI is InChI=1S/C21H36N4O2/c1-16(2)8-7-9-17(3)24-21(23-15-20(26)25(4)5)22-14-18-10-12-19(27-6)13-11-18/h10-13,16-17H,7-9,14-15H2,1-6H3,(H2,22,23,24). The third-order valence-electron chi connectivity index (χ3n) is 4.29. The van der Waals surface area contributed by atoms with E-state index in [2.05, 4.69) is 36.4 Å². The predicted octanol–water partition coefficient (Wildman–Crippen LogP) is 3.03. The zero-order valence-electron chi connectivity index (χ0n) is 17.7. The molecule has 1 amide bonds. The first kappa shape index (κ1) is 22.8. The molecule has 6 nitrogen and oxygen atoms in total. The van der Waals surface area contributed by atoms with Crippen LogP contribution in [0.2, 0.25) is 0 Å². The minimum absolute atomic E-state index is 0.0152. The third kappa shape index (κ3) is 9.87. The van der Waals surface area contributed by atoms with Gasteiger partial charge in [0.15, 0.2) is 5.96 Å². The Morgan fingerprint density at radius 1 is 1.15 bits per heavy atom. The molecule has 0 radical (unpaired) electrons. The molecule has 0 aromatic heterocycles. The molecule has 0 aliphatic carbocycles. The van der Waals surface area contributed by atoms with E-state index in [-0.39, 0.29) is 12.5 Å². The predicted molar refractivity (Wildman–Crippen MR) is 112 cm³/mol. The van der Waals surface area contributed by atoms with E-state index >= 15 is 0 Å². The van der Waals surface area contributed by atoms with Crippen LogP contribution in [-0.2, 0) is 11.3 Å². The molecule has 0 bridgehead atoms. The van der Waals surface area contributed by atoms with E-state index in [1.165, 1.54) is 12.8 Å². The first-order valence-corrected chi connectivity index (χ1v) is 9.69. The number of methoxy groups -OCH3 is 1. The van der Waals surface area contributed by atoms with Crippen molar-refractivity contribution in [3.05, 3.63) is 29.8 Å². The van der Waals surface area contributed by atoms with E-state index in [0.717, 1.165) is 23.7 Å². The largest absolute Gasteiger partial charge is 0.497 e. The Morgan fingerprint density at radius 3 is 2.37 bits per heavy atom. The quantitative estimate of drug-likeness (QED) is 0.487. The summed E-state index contributed by atoms with van der Waals surface area (Å²) in [6, 6.07) is 8.14. The van der Waals surface area contributed by atoms with Gasteiger partial charge in [-0.25, -0.2) is 4.99 Å². The number of carbonyl (C=O) groups excluding carboxylic acids is 1. The molecule has 1 aromatic carbocycles. The molecule has 1 rings (SSSR count). The number of aliphatic imine (C=N–C) groups is 1. The maximum atomic E-state index is 11.9. The zero-order valence-corrected chi connectivity index (χ0v) is 17.7. The molecule has 1 aromatic rings. The number of nitrogens with zero attached hydrogens (tertiary/aromatic N) is 2. The molecular weight excluding hydrogens is 340 g/mol. The SMILES string of the molecule is COc1ccc(CN=C(NCC(=O)N(C)C)NC(C)CCCC(C)C)cc1. The minimum atomic E-state index is 0.0152. The van der Waals surface area contributed by atoms with Crippen LogP contribution in [0.4, 0.5) is 0 Å². The molecule has 0 saturated heterocycles. The van der Waals surface area contributed by atoms with Crippen molar-refractivity contribution < 1.29 is 9.53 Å². The molecule has 0 spiro atoms. The fourth-order valence-corrected chi connectivity index (χ4v) is 2.51. The Bertz CT molecular complexity index is 582. The summed E-state index contributed by atoms with van der Waals surface area (Å²) in [7, 11) is 5.15. The van der Waals surface area contributed by atoms with Gasteiger partial charge >= 0.3 is 0 Å². The van der Waals surface area contributed by atoms with Crippen molar-refractivity contribution in [2.75, 3.05) is 27.7 Å². The fraction of sp³-hybridized carbons (Fsp3) is 0.619. The van der Waals surface area contributed by atoms with Gasteiger partial charge in [-0.3, -0.25) is 4.79 Å². The lowest BCUT2D eigenvalue weighted by Gasteiger charge is -2.19. The number of hydrogen-bond donors (Lipinski definition) is 2. The molecule has 152 valence electrons. The van der Waals surface area contributed by atoms with Crippen molar-refractivity contribution in [3.8, 4) is 5.75 Å². The second-order valence-corrected chi connectivity index (χ2v) is 7.52. The lowest BCUT2D eigenvalue weighted by molar-refractivity contribution is -0.127. The number of hydrogen-bond acceptors (Lipinski definition) is 3. The summed E-state index contributed by atoms with van der Waals surface area (Å²) in [6.07, 6.45) is 3.47. The molecule has 0 saturated carbocycles. The number of guanidine groups is 1. The first-order chi connectivity index (χ1) is 12.8. The Labute approximate surface area is 164 Å². The number of amides is 1. The summed E-state index contributed by atoms with van der Waals surface area (Å²) in [5.74, 6) is 2.23. The van der Waals surface area contributed by atoms with Crippen LogP contribution in [0.15, 0.2) is 29.3 Å². The van der Waals surface area contributed by atoms with Crippen LogP contribution in [-0.4, -0.2) is 50.6 Å². The normalized spacial score (nSPS) is 12.6. The molecule has 1 atom stereocenters. The highest BCUT2D eigenvalue weighted by molar-refractivity contribution is 5.86. The highest BCUT2D eigenvalue weighted by Crippen LogP contribution is 2.12. The van der Waals surface area contributed by atoms with Gasteiger partial charge in [0.2, 0.25) is 5.91 Å². The number of benzene rings is 1. The van der Waals surface area contributed by atoms with E-state index < -0.39 is 0 Å². The Morgan fingerprint density at radius 2 is 1.81 bits per heavy atom. The van der Waals surface area contributed by atoms with Crippen molar-refractivity contribution >= 4 is 11.9 Å². The Kier molecular flexibility index (Phi) is 10.3. The molecule has 1 unspecified atom stereocenters. The number of rotatable bonds is 10. The minimum Gasteiger partial charge on any atom is -0.497 e. The van der Waals surface area contributed by atoms with E-state index in [0.29, 0.717) is 18.5 Å². The summed E-state index contributed by atoms with van der Waals surface area (Å²) in [5.41, 5.74) is 1.09. The van der Waals surface area contributed by atoms with Gasteiger partial charge in [-0.15, -0.1) is 0 Å². The summed E-state index contributed by atoms with van der Waals surface area (Å²) < 4.78 is 5.19. The molecule has 6 heteroatoms. The van der Waals surface area contributed by atoms with Crippen molar-refractivity contribution in [1.29, 1.82) is 0 Å². The highest BCUT2D eigenvalue weighted by atomic mass is 16.5. The van der Waals surface area contributed by atoms with E-state index in [9.17, 15) is 4.79 Å². The maximum Gasteiger partial charge on any atom is 0.241 e. The summed E-state index contributed by atoms with van der Waals surface area (Å²) in [5, 5.41) is 6.57. The van der Waals surface area contributed by atoms with E-state index in [4.69, 9.17) is 4.74 Å². The van der Waals surface area contributed by atoms with Gasteiger partial charge in [-0.1, -0.05) is 38.8 Å². The van der Waals surface area contributed by atoms with Crippen molar-refractivity contribution in [3.63, 3.8) is 0 Å². The second-order valence-electron chi connectivity index (χ2n) is 7.52. The van der Waals surface area contributed by atoms with Crippen LogP contribution in [0.25, 0.3) is 0 Å². The van der Waals surface area contributed by atoms with Crippen LogP contribution in [0.1, 0.15) is 45.6 Å².